The maximum Gasteiger partial charge on any atom is 0.321 e. The summed E-state index contributed by atoms with van der Waals surface area (Å²) >= 11 is 0. The van der Waals surface area contributed by atoms with Crippen LogP contribution in [0.1, 0.15) is 26.7 Å². The Labute approximate surface area is 82.8 Å². The molecule has 2 rings (SSSR count). The van der Waals surface area contributed by atoms with Gasteiger partial charge in [0.25, 0.3) is 0 Å². The van der Waals surface area contributed by atoms with Crippen LogP contribution in [-0.2, 0) is 0 Å². The predicted molar refractivity (Wildman–Crippen MR) is 53.0 cm³/mol. The van der Waals surface area contributed by atoms with Crippen molar-refractivity contribution in [2.75, 3.05) is 5.32 Å². The van der Waals surface area contributed by atoms with Crippen LogP contribution in [0.2, 0.25) is 0 Å². The second-order valence-corrected chi connectivity index (χ2v) is 2.75. The van der Waals surface area contributed by atoms with Crippen LogP contribution in [0.15, 0.2) is 16.8 Å². The summed E-state index contributed by atoms with van der Waals surface area (Å²) in [7, 11) is 0. The Hall–Kier alpha value is -1.52. The van der Waals surface area contributed by atoms with Crippen LogP contribution in [0, 0.1) is 0 Å². The molecule has 0 bridgehead atoms. The second kappa shape index (κ2) is 5.26. The van der Waals surface area contributed by atoms with Crippen molar-refractivity contribution in [1.29, 1.82) is 0 Å². The monoisotopic (exact) mass is 197 g/mol. The van der Waals surface area contributed by atoms with Crippen molar-refractivity contribution < 1.29 is 9.32 Å². The summed E-state index contributed by atoms with van der Waals surface area (Å²) < 4.78 is 4.68. The molecule has 78 valence electrons. The lowest BCUT2D eigenvalue weighted by Crippen LogP contribution is -2.30. The zero-order valence-electron chi connectivity index (χ0n) is 8.41. The molecule has 1 aromatic rings. The summed E-state index contributed by atoms with van der Waals surface area (Å²) in [6.45, 7) is 4.00. The van der Waals surface area contributed by atoms with Crippen LogP contribution < -0.4 is 10.6 Å². The molecule has 0 unspecified atom stereocenters. The molecule has 1 aliphatic carbocycles. The van der Waals surface area contributed by atoms with Gasteiger partial charge in [-0.1, -0.05) is 19.0 Å². The molecule has 1 heterocycles. The Kier molecular flexibility index (Phi) is 3.97. The van der Waals surface area contributed by atoms with E-state index in [4.69, 9.17) is 0 Å². The second-order valence-electron chi connectivity index (χ2n) is 2.75. The summed E-state index contributed by atoms with van der Waals surface area (Å²) in [4.78, 5) is 11.1. The summed E-state index contributed by atoms with van der Waals surface area (Å²) in [6.07, 6.45) is 3.63. The Morgan fingerprint density at radius 3 is 2.79 bits per heavy atom. The first kappa shape index (κ1) is 10.6. The summed E-state index contributed by atoms with van der Waals surface area (Å²) in [5, 5.41) is 8.72. The van der Waals surface area contributed by atoms with Crippen LogP contribution in [0.25, 0.3) is 0 Å². The van der Waals surface area contributed by atoms with Gasteiger partial charge in [-0.25, -0.2) is 4.79 Å². The summed E-state index contributed by atoms with van der Waals surface area (Å²) in [6, 6.07) is 1.72. The number of carbonyl (C=O) groups is 1. The van der Waals surface area contributed by atoms with E-state index in [0.717, 1.165) is 12.8 Å². The third kappa shape index (κ3) is 3.47. The number of urea groups is 1. The fourth-order valence-electron chi connectivity index (χ4n) is 0.841. The van der Waals surface area contributed by atoms with E-state index in [1.54, 1.807) is 6.07 Å². The largest absolute Gasteiger partial charge is 0.338 e. The van der Waals surface area contributed by atoms with Crippen molar-refractivity contribution in [3.05, 3.63) is 12.3 Å². The lowest BCUT2D eigenvalue weighted by atomic mass is 10.6. The van der Waals surface area contributed by atoms with Gasteiger partial charge in [-0.2, -0.15) is 0 Å². The Balaban J connectivity index is 0.000000461. The Bertz CT molecular complexity index is 268. The Morgan fingerprint density at radius 2 is 2.29 bits per heavy atom. The van der Waals surface area contributed by atoms with E-state index in [2.05, 4.69) is 20.3 Å². The molecule has 0 spiro atoms. The van der Waals surface area contributed by atoms with Gasteiger partial charge in [0, 0.05) is 12.1 Å². The first-order valence-electron chi connectivity index (χ1n) is 4.83. The van der Waals surface area contributed by atoms with E-state index >= 15 is 0 Å². The number of nitrogens with zero attached hydrogens (tertiary/aromatic N) is 1. The minimum absolute atomic E-state index is 0.228. The highest BCUT2D eigenvalue weighted by atomic mass is 16.5. The van der Waals surface area contributed by atoms with Crippen molar-refractivity contribution in [2.45, 2.75) is 32.7 Å². The third-order valence-corrected chi connectivity index (χ3v) is 1.59. The summed E-state index contributed by atoms with van der Waals surface area (Å²) in [5.41, 5.74) is 0. The van der Waals surface area contributed by atoms with E-state index < -0.39 is 0 Å². The number of anilines is 1. The number of amides is 2. The first-order valence-corrected chi connectivity index (χ1v) is 4.83. The van der Waals surface area contributed by atoms with Gasteiger partial charge in [-0.15, -0.1) is 0 Å². The zero-order chi connectivity index (χ0) is 10.4. The standard InChI is InChI=1S/C7H9N3O2.C2H6/c11-7(9-5-1-2-5)10-6-3-4-8-12-6;1-2/h3-5H,1-2H2,(H2,9,10,11);1-2H3. The SMILES string of the molecule is CC.O=C(Nc1ccno1)NC1CC1. The number of rotatable bonds is 2. The lowest BCUT2D eigenvalue weighted by molar-refractivity contribution is 0.251. The Morgan fingerprint density at radius 1 is 1.57 bits per heavy atom. The maximum absolute atomic E-state index is 11.1. The number of nitrogens with one attached hydrogen (secondary N) is 2. The molecule has 1 fully saturated rings. The van der Waals surface area contributed by atoms with E-state index in [-0.39, 0.29) is 6.03 Å². The van der Waals surface area contributed by atoms with Gasteiger partial charge in [-0.3, -0.25) is 5.32 Å². The molecule has 14 heavy (non-hydrogen) atoms. The normalized spacial score (nSPS) is 13.9. The van der Waals surface area contributed by atoms with Crippen LogP contribution in [0.3, 0.4) is 0 Å². The van der Waals surface area contributed by atoms with Gasteiger partial charge in [0.1, 0.15) is 0 Å². The molecule has 0 aromatic carbocycles. The predicted octanol–water partition coefficient (Wildman–Crippen LogP) is 1.98. The van der Waals surface area contributed by atoms with Crippen LogP contribution in [0.5, 0.6) is 0 Å². The fraction of sp³-hybridized carbons (Fsp3) is 0.556. The molecule has 1 saturated carbocycles. The van der Waals surface area contributed by atoms with Crippen molar-refractivity contribution in [3.8, 4) is 0 Å². The number of hydrogen-bond donors (Lipinski definition) is 2. The number of aromatic nitrogens is 1. The minimum atomic E-state index is -0.228. The quantitative estimate of drug-likeness (QED) is 0.761. The van der Waals surface area contributed by atoms with Gasteiger partial charge in [0.05, 0.1) is 6.20 Å². The van der Waals surface area contributed by atoms with Crippen molar-refractivity contribution in [2.24, 2.45) is 0 Å². The van der Waals surface area contributed by atoms with Crippen molar-refractivity contribution in [3.63, 3.8) is 0 Å². The molecule has 0 saturated heterocycles. The van der Waals surface area contributed by atoms with Gasteiger partial charge < -0.3 is 9.84 Å². The van der Waals surface area contributed by atoms with E-state index in [9.17, 15) is 4.79 Å². The minimum Gasteiger partial charge on any atom is -0.338 e. The van der Waals surface area contributed by atoms with Crippen LogP contribution >= 0.6 is 0 Å². The fourth-order valence-corrected chi connectivity index (χ4v) is 0.841. The average molecular weight is 197 g/mol. The molecule has 0 aliphatic heterocycles. The molecular formula is C9H15N3O2. The first-order chi connectivity index (χ1) is 6.84. The van der Waals surface area contributed by atoms with Crippen LogP contribution in [-0.4, -0.2) is 17.2 Å². The molecular weight excluding hydrogens is 182 g/mol. The van der Waals surface area contributed by atoms with E-state index in [1.807, 2.05) is 13.8 Å². The highest BCUT2D eigenvalue weighted by Gasteiger charge is 2.23. The highest BCUT2D eigenvalue weighted by Crippen LogP contribution is 2.18. The van der Waals surface area contributed by atoms with Gasteiger partial charge in [0.2, 0.25) is 5.88 Å². The van der Waals surface area contributed by atoms with Crippen molar-refractivity contribution >= 4 is 11.9 Å². The zero-order valence-corrected chi connectivity index (χ0v) is 8.41. The molecule has 1 aliphatic rings. The topological polar surface area (TPSA) is 67.2 Å². The van der Waals surface area contributed by atoms with Gasteiger partial charge in [-0.05, 0) is 12.8 Å². The molecule has 2 amide bonds. The van der Waals surface area contributed by atoms with Gasteiger partial charge >= 0.3 is 6.03 Å². The average Bonchev–Trinajstić information content (AvgIpc) is 2.84. The lowest BCUT2D eigenvalue weighted by Gasteiger charge is -2.01. The number of carbonyl (C=O) groups excluding carboxylic acids is 1. The molecule has 0 radical (unpaired) electrons. The third-order valence-electron chi connectivity index (χ3n) is 1.59. The molecule has 5 nitrogen and oxygen atoms in total. The molecule has 5 heteroatoms. The highest BCUT2D eigenvalue weighted by molar-refractivity contribution is 5.88. The van der Waals surface area contributed by atoms with Gasteiger partial charge in [0.15, 0.2) is 0 Å². The maximum atomic E-state index is 11.1. The molecule has 0 atom stereocenters. The van der Waals surface area contributed by atoms with Crippen LogP contribution in [0.4, 0.5) is 10.7 Å². The number of hydrogen-bond acceptors (Lipinski definition) is 3. The van der Waals surface area contributed by atoms with E-state index in [0.29, 0.717) is 11.9 Å². The summed E-state index contributed by atoms with van der Waals surface area (Å²) in [5.74, 6) is 0.369. The van der Waals surface area contributed by atoms with E-state index in [1.165, 1.54) is 6.20 Å². The molecule has 2 N–H and O–H groups in total. The smallest absolute Gasteiger partial charge is 0.321 e. The van der Waals surface area contributed by atoms with Crippen molar-refractivity contribution in [1.82, 2.24) is 10.5 Å². The molecule has 1 aromatic heterocycles.